The Morgan fingerprint density at radius 3 is 2.52 bits per heavy atom. The molecule has 1 amide bonds. The lowest BCUT2D eigenvalue weighted by atomic mass is 10.1. The normalized spacial score (nSPS) is 11.1. The van der Waals surface area contributed by atoms with Crippen LogP contribution in [0.3, 0.4) is 0 Å². The summed E-state index contributed by atoms with van der Waals surface area (Å²) in [5.41, 5.74) is 2.06. The average Bonchev–Trinajstić information content (AvgIpc) is 2.71. The van der Waals surface area contributed by atoms with Gasteiger partial charge >= 0.3 is 6.61 Å². The molecule has 0 aromatic heterocycles. The molecule has 2 rings (SSSR count). The maximum absolute atomic E-state index is 12.4. The molecule has 0 radical (unpaired) electrons. The molecule has 0 aliphatic carbocycles. The second-order valence-corrected chi connectivity index (χ2v) is 6.21. The van der Waals surface area contributed by atoms with E-state index in [9.17, 15) is 18.8 Å². The standard InChI is InChI=1S/C22H22F2N2O3/c1-3-4-5-15-6-9-18(10-7-15)26-21(27)17(14-25)12-16-8-11-19(29-22(23)24)20(13-16)28-2/h6-13,22H,3-5H2,1-2H3,(H,26,27)/b17-12+. The van der Waals surface area contributed by atoms with Crippen LogP contribution in [0, 0.1) is 11.3 Å². The van der Waals surface area contributed by atoms with Gasteiger partial charge in [-0.05, 0) is 54.3 Å². The number of halogens is 2. The van der Waals surface area contributed by atoms with Gasteiger partial charge < -0.3 is 14.8 Å². The Morgan fingerprint density at radius 2 is 1.93 bits per heavy atom. The molecule has 0 saturated heterocycles. The van der Waals surface area contributed by atoms with Crippen molar-refractivity contribution in [3.63, 3.8) is 0 Å². The van der Waals surface area contributed by atoms with Crippen LogP contribution < -0.4 is 14.8 Å². The number of benzene rings is 2. The molecule has 0 fully saturated rings. The maximum Gasteiger partial charge on any atom is 0.387 e. The molecule has 0 unspecified atom stereocenters. The van der Waals surface area contributed by atoms with Crippen LogP contribution in [0.15, 0.2) is 48.0 Å². The van der Waals surface area contributed by atoms with Crippen LogP contribution >= 0.6 is 0 Å². The van der Waals surface area contributed by atoms with Crippen LogP contribution in [0.25, 0.3) is 6.08 Å². The number of unbranched alkanes of at least 4 members (excludes halogenated alkanes) is 1. The van der Waals surface area contributed by atoms with E-state index in [1.807, 2.05) is 18.2 Å². The zero-order chi connectivity index (χ0) is 21.2. The van der Waals surface area contributed by atoms with E-state index in [-0.39, 0.29) is 17.1 Å². The number of nitriles is 1. The van der Waals surface area contributed by atoms with Crippen LogP contribution in [0.2, 0.25) is 0 Å². The Balaban J connectivity index is 2.14. The SMILES string of the molecule is CCCCc1ccc(NC(=O)/C(C#N)=C/c2ccc(OC(F)F)c(OC)c2)cc1. The number of amides is 1. The van der Waals surface area contributed by atoms with Gasteiger partial charge in [0.1, 0.15) is 11.6 Å². The molecule has 0 aliphatic heterocycles. The van der Waals surface area contributed by atoms with Gasteiger partial charge in [0.05, 0.1) is 7.11 Å². The number of carbonyl (C=O) groups excluding carboxylic acids is 1. The van der Waals surface area contributed by atoms with Gasteiger partial charge in [0.25, 0.3) is 5.91 Å². The Morgan fingerprint density at radius 1 is 1.21 bits per heavy atom. The van der Waals surface area contributed by atoms with Gasteiger partial charge in [-0.1, -0.05) is 31.5 Å². The Hall–Kier alpha value is -3.40. The zero-order valence-electron chi connectivity index (χ0n) is 16.2. The van der Waals surface area contributed by atoms with Gasteiger partial charge in [0, 0.05) is 5.69 Å². The topological polar surface area (TPSA) is 71.4 Å². The molecule has 0 saturated carbocycles. The summed E-state index contributed by atoms with van der Waals surface area (Å²) in [6.07, 6.45) is 4.52. The summed E-state index contributed by atoms with van der Waals surface area (Å²) < 4.78 is 34.2. The smallest absolute Gasteiger partial charge is 0.387 e. The Labute approximate surface area is 168 Å². The van der Waals surface area contributed by atoms with E-state index >= 15 is 0 Å². The highest BCUT2D eigenvalue weighted by atomic mass is 19.3. The number of alkyl halides is 2. The second kappa shape index (κ2) is 10.8. The van der Waals surface area contributed by atoms with E-state index < -0.39 is 12.5 Å². The molecule has 1 N–H and O–H groups in total. The molecular weight excluding hydrogens is 378 g/mol. The molecule has 2 aromatic rings. The first kappa shape index (κ1) is 21.9. The summed E-state index contributed by atoms with van der Waals surface area (Å²) in [4.78, 5) is 12.4. The summed E-state index contributed by atoms with van der Waals surface area (Å²) in [6.45, 7) is -0.863. The summed E-state index contributed by atoms with van der Waals surface area (Å²) in [5, 5.41) is 12.0. The van der Waals surface area contributed by atoms with Gasteiger partial charge in [-0.25, -0.2) is 0 Å². The van der Waals surface area contributed by atoms with E-state index in [0.717, 1.165) is 19.3 Å². The van der Waals surface area contributed by atoms with Crippen molar-refractivity contribution >= 4 is 17.7 Å². The van der Waals surface area contributed by atoms with E-state index in [0.29, 0.717) is 11.3 Å². The third-order valence-electron chi connectivity index (χ3n) is 4.11. The lowest BCUT2D eigenvalue weighted by Crippen LogP contribution is -2.13. The van der Waals surface area contributed by atoms with Crippen LogP contribution in [-0.4, -0.2) is 19.6 Å². The fourth-order valence-corrected chi connectivity index (χ4v) is 2.62. The number of carbonyl (C=O) groups is 1. The molecule has 0 bridgehead atoms. The highest BCUT2D eigenvalue weighted by molar-refractivity contribution is 6.09. The number of rotatable bonds is 9. The van der Waals surface area contributed by atoms with Gasteiger partial charge in [0.2, 0.25) is 0 Å². The first-order valence-electron chi connectivity index (χ1n) is 9.11. The quantitative estimate of drug-likeness (QED) is 0.465. The van der Waals surface area contributed by atoms with Crippen molar-refractivity contribution < 1.29 is 23.0 Å². The summed E-state index contributed by atoms with van der Waals surface area (Å²) >= 11 is 0. The summed E-state index contributed by atoms with van der Waals surface area (Å²) in [7, 11) is 1.31. The van der Waals surface area contributed by atoms with Crippen molar-refractivity contribution in [1.82, 2.24) is 0 Å². The van der Waals surface area contributed by atoms with Gasteiger partial charge in [-0.3, -0.25) is 4.79 Å². The predicted molar refractivity (Wildman–Crippen MR) is 107 cm³/mol. The van der Waals surface area contributed by atoms with Crippen molar-refractivity contribution in [2.24, 2.45) is 0 Å². The fraction of sp³-hybridized carbons (Fsp3) is 0.273. The minimum absolute atomic E-state index is 0.0689. The number of aryl methyl sites for hydroxylation is 1. The number of anilines is 1. The minimum atomic E-state index is -2.99. The predicted octanol–water partition coefficient (Wildman–Crippen LogP) is 5.18. The molecule has 152 valence electrons. The second-order valence-electron chi connectivity index (χ2n) is 6.21. The summed E-state index contributed by atoms with van der Waals surface area (Å²) in [6, 6.07) is 13.5. The zero-order valence-corrected chi connectivity index (χ0v) is 16.2. The number of ether oxygens (including phenoxy) is 2. The molecule has 0 aliphatic rings. The fourth-order valence-electron chi connectivity index (χ4n) is 2.62. The van der Waals surface area contributed by atoms with Crippen molar-refractivity contribution in [3.8, 4) is 17.6 Å². The number of nitrogens with zero attached hydrogens (tertiary/aromatic N) is 1. The van der Waals surface area contributed by atoms with E-state index in [2.05, 4.69) is 17.0 Å². The lowest BCUT2D eigenvalue weighted by Gasteiger charge is -2.10. The molecule has 5 nitrogen and oxygen atoms in total. The molecular formula is C22H22F2N2O3. The first-order valence-corrected chi connectivity index (χ1v) is 9.11. The van der Waals surface area contributed by atoms with E-state index in [1.54, 1.807) is 12.1 Å². The van der Waals surface area contributed by atoms with Crippen LogP contribution in [-0.2, 0) is 11.2 Å². The lowest BCUT2D eigenvalue weighted by molar-refractivity contribution is -0.112. The third-order valence-corrected chi connectivity index (χ3v) is 4.11. The van der Waals surface area contributed by atoms with Crippen molar-refractivity contribution in [3.05, 3.63) is 59.2 Å². The minimum Gasteiger partial charge on any atom is -0.493 e. The Kier molecular flexibility index (Phi) is 8.16. The summed E-state index contributed by atoms with van der Waals surface area (Å²) in [5.74, 6) is -0.633. The van der Waals surface area contributed by atoms with Crippen LogP contribution in [0.5, 0.6) is 11.5 Å². The number of methoxy groups -OCH3 is 1. The average molecular weight is 400 g/mol. The van der Waals surface area contributed by atoms with Crippen molar-refractivity contribution in [1.29, 1.82) is 5.26 Å². The van der Waals surface area contributed by atoms with Crippen molar-refractivity contribution in [2.75, 3.05) is 12.4 Å². The highest BCUT2D eigenvalue weighted by Crippen LogP contribution is 2.30. The molecule has 29 heavy (non-hydrogen) atoms. The number of hydrogen-bond acceptors (Lipinski definition) is 4. The van der Waals surface area contributed by atoms with Gasteiger partial charge in [0.15, 0.2) is 11.5 Å². The highest BCUT2D eigenvalue weighted by Gasteiger charge is 2.13. The maximum atomic E-state index is 12.4. The monoisotopic (exact) mass is 400 g/mol. The van der Waals surface area contributed by atoms with Gasteiger partial charge in [-0.2, -0.15) is 14.0 Å². The first-order chi connectivity index (χ1) is 14.0. The van der Waals surface area contributed by atoms with Crippen molar-refractivity contribution in [2.45, 2.75) is 32.8 Å². The van der Waals surface area contributed by atoms with Crippen LogP contribution in [0.1, 0.15) is 30.9 Å². The Bertz CT molecular complexity index is 903. The largest absolute Gasteiger partial charge is 0.493 e. The number of hydrogen-bond donors (Lipinski definition) is 1. The van der Waals surface area contributed by atoms with Gasteiger partial charge in [-0.15, -0.1) is 0 Å². The van der Waals surface area contributed by atoms with Crippen LogP contribution in [0.4, 0.5) is 14.5 Å². The molecule has 0 heterocycles. The number of nitrogens with one attached hydrogen (secondary N) is 1. The molecule has 0 spiro atoms. The van der Waals surface area contributed by atoms with E-state index in [4.69, 9.17) is 4.74 Å². The molecule has 0 atom stereocenters. The third kappa shape index (κ3) is 6.61. The molecule has 2 aromatic carbocycles. The van der Waals surface area contributed by atoms with E-state index in [1.165, 1.54) is 36.9 Å². The molecule has 7 heteroatoms.